The zero-order valence-corrected chi connectivity index (χ0v) is 10.6. The summed E-state index contributed by atoms with van der Waals surface area (Å²) in [6.45, 7) is 12.3. The van der Waals surface area contributed by atoms with E-state index in [1.165, 1.54) is 12.8 Å². The molecular formula is C10H23O2Si. The van der Waals surface area contributed by atoms with Gasteiger partial charge in [0, 0.05) is 18.3 Å². The molecule has 79 valence electrons. The lowest BCUT2D eigenvalue weighted by molar-refractivity contribution is 0.187. The summed E-state index contributed by atoms with van der Waals surface area (Å²) in [5.41, 5.74) is 0. The first kappa shape index (κ1) is 13.1. The monoisotopic (exact) mass is 203 g/mol. The van der Waals surface area contributed by atoms with Crippen molar-refractivity contribution in [2.75, 3.05) is 13.2 Å². The molecule has 0 N–H and O–H groups in total. The van der Waals surface area contributed by atoms with Crippen LogP contribution in [-0.4, -0.2) is 22.5 Å². The second-order valence-corrected chi connectivity index (χ2v) is 6.29. The van der Waals surface area contributed by atoms with Crippen molar-refractivity contribution in [3.05, 3.63) is 0 Å². The van der Waals surface area contributed by atoms with Crippen LogP contribution in [0.3, 0.4) is 0 Å². The van der Waals surface area contributed by atoms with Crippen LogP contribution in [0.2, 0.25) is 5.04 Å². The van der Waals surface area contributed by atoms with Gasteiger partial charge in [-0.2, -0.15) is 0 Å². The maximum Gasteiger partial charge on any atom is 0.390 e. The van der Waals surface area contributed by atoms with Gasteiger partial charge < -0.3 is 8.85 Å². The molecule has 0 aliphatic heterocycles. The van der Waals surface area contributed by atoms with E-state index < -0.39 is 9.28 Å². The van der Waals surface area contributed by atoms with E-state index in [0.717, 1.165) is 13.2 Å². The molecule has 0 aliphatic carbocycles. The molecule has 1 radical (unpaired) electrons. The van der Waals surface area contributed by atoms with Crippen LogP contribution >= 0.6 is 0 Å². The smallest absolute Gasteiger partial charge is 0.390 e. The molecule has 0 unspecified atom stereocenters. The highest BCUT2D eigenvalue weighted by molar-refractivity contribution is 6.48. The zero-order valence-electron chi connectivity index (χ0n) is 9.64. The van der Waals surface area contributed by atoms with Crippen molar-refractivity contribution in [1.29, 1.82) is 0 Å². The molecule has 0 spiro atoms. The van der Waals surface area contributed by atoms with Gasteiger partial charge in [-0.1, -0.05) is 27.2 Å². The van der Waals surface area contributed by atoms with E-state index in [-0.39, 0.29) is 5.04 Å². The van der Waals surface area contributed by atoms with Crippen molar-refractivity contribution >= 4 is 9.28 Å². The third-order valence-corrected chi connectivity index (χ3v) is 4.44. The molecule has 2 nitrogen and oxygen atoms in total. The Balaban J connectivity index is 4.13. The minimum atomic E-state index is -1.09. The minimum Gasteiger partial charge on any atom is -0.393 e. The van der Waals surface area contributed by atoms with Crippen LogP contribution in [0.5, 0.6) is 0 Å². The van der Waals surface area contributed by atoms with Gasteiger partial charge in [0.2, 0.25) is 0 Å². The molecule has 0 amide bonds. The molecule has 3 heteroatoms. The summed E-state index contributed by atoms with van der Waals surface area (Å²) in [5.74, 6) is 0. The van der Waals surface area contributed by atoms with Crippen LogP contribution < -0.4 is 0 Å². The summed E-state index contributed by atoms with van der Waals surface area (Å²) in [4.78, 5) is 0. The Morgan fingerprint density at radius 2 is 1.46 bits per heavy atom. The van der Waals surface area contributed by atoms with Gasteiger partial charge in [-0.25, -0.2) is 0 Å². The SMILES string of the molecule is CCCC(C)(C)[Si](OCC)OCC. The second kappa shape index (κ2) is 6.57. The summed E-state index contributed by atoms with van der Waals surface area (Å²) >= 11 is 0. The lowest BCUT2D eigenvalue weighted by Crippen LogP contribution is -2.35. The fourth-order valence-corrected chi connectivity index (χ4v) is 3.26. The van der Waals surface area contributed by atoms with Crippen molar-refractivity contribution in [3.63, 3.8) is 0 Å². The Morgan fingerprint density at radius 3 is 1.77 bits per heavy atom. The van der Waals surface area contributed by atoms with Crippen molar-refractivity contribution in [1.82, 2.24) is 0 Å². The van der Waals surface area contributed by atoms with E-state index in [0.29, 0.717) is 0 Å². The third kappa shape index (κ3) is 4.79. The molecule has 0 saturated heterocycles. The predicted octanol–water partition coefficient (Wildman–Crippen LogP) is 3.13. The molecule has 0 heterocycles. The van der Waals surface area contributed by atoms with E-state index in [1.807, 2.05) is 13.8 Å². The van der Waals surface area contributed by atoms with Gasteiger partial charge in [0.05, 0.1) is 0 Å². The van der Waals surface area contributed by atoms with Gasteiger partial charge in [-0.05, 0) is 20.3 Å². The lowest BCUT2D eigenvalue weighted by atomic mass is 10.1. The Hall–Kier alpha value is 0.137. The normalized spacial score (nSPS) is 12.5. The molecule has 0 aliphatic rings. The molecular weight excluding hydrogens is 180 g/mol. The zero-order chi connectivity index (χ0) is 10.3. The van der Waals surface area contributed by atoms with E-state index in [2.05, 4.69) is 20.8 Å². The largest absolute Gasteiger partial charge is 0.393 e. The molecule has 0 saturated carbocycles. The van der Waals surface area contributed by atoms with E-state index in [4.69, 9.17) is 8.85 Å². The van der Waals surface area contributed by atoms with E-state index in [1.54, 1.807) is 0 Å². The predicted molar refractivity (Wildman–Crippen MR) is 58.0 cm³/mol. The van der Waals surface area contributed by atoms with Gasteiger partial charge >= 0.3 is 9.28 Å². The molecule has 0 aromatic rings. The summed E-state index contributed by atoms with van der Waals surface area (Å²) in [7, 11) is -1.09. The van der Waals surface area contributed by atoms with Crippen LogP contribution in [0.4, 0.5) is 0 Å². The molecule has 13 heavy (non-hydrogen) atoms. The Kier molecular flexibility index (Phi) is 6.64. The van der Waals surface area contributed by atoms with Crippen LogP contribution in [0.1, 0.15) is 47.5 Å². The molecule has 0 rings (SSSR count). The van der Waals surface area contributed by atoms with Crippen LogP contribution in [0.15, 0.2) is 0 Å². The topological polar surface area (TPSA) is 18.5 Å². The van der Waals surface area contributed by atoms with Gasteiger partial charge in [-0.3, -0.25) is 0 Å². The maximum atomic E-state index is 5.68. The molecule has 0 aromatic carbocycles. The van der Waals surface area contributed by atoms with Crippen molar-refractivity contribution in [2.24, 2.45) is 0 Å². The third-order valence-electron chi connectivity index (χ3n) is 1.98. The number of rotatable bonds is 7. The molecule has 0 fully saturated rings. The Bertz CT molecular complexity index is 120. The summed E-state index contributed by atoms with van der Waals surface area (Å²) < 4.78 is 11.4. The van der Waals surface area contributed by atoms with Gasteiger partial charge in [-0.15, -0.1) is 0 Å². The first-order valence-corrected chi connectivity index (χ1v) is 6.53. The highest BCUT2D eigenvalue weighted by Gasteiger charge is 2.34. The summed E-state index contributed by atoms with van der Waals surface area (Å²) in [6.07, 6.45) is 2.38. The van der Waals surface area contributed by atoms with Gasteiger partial charge in [0.15, 0.2) is 0 Å². The summed E-state index contributed by atoms with van der Waals surface area (Å²) in [5, 5.41) is 0.228. The first-order valence-electron chi connectivity index (χ1n) is 5.21. The molecule has 0 bridgehead atoms. The van der Waals surface area contributed by atoms with E-state index >= 15 is 0 Å². The van der Waals surface area contributed by atoms with Crippen molar-refractivity contribution in [2.45, 2.75) is 52.5 Å². The van der Waals surface area contributed by atoms with Crippen molar-refractivity contribution in [3.8, 4) is 0 Å². The van der Waals surface area contributed by atoms with Crippen LogP contribution in [0.25, 0.3) is 0 Å². The fourth-order valence-electron chi connectivity index (χ4n) is 1.42. The van der Waals surface area contributed by atoms with Crippen LogP contribution in [-0.2, 0) is 8.85 Å². The van der Waals surface area contributed by atoms with Crippen LogP contribution in [0, 0.1) is 0 Å². The number of hydrogen-bond acceptors (Lipinski definition) is 2. The second-order valence-electron chi connectivity index (χ2n) is 3.79. The maximum absolute atomic E-state index is 5.68. The Morgan fingerprint density at radius 1 is 1.00 bits per heavy atom. The average Bonchev–Trinajstić information content (AvgIpc) is 2.04. The highest BCUT2D eigenvalue weighted by atomic mass is 28.3. The number of hydrogen-bond donors (Lipinski definition) is 0. The molecule has 0 aromatic heterocycles. The first-order chi connectivity index (χ1) is 6.08. The van der Waals surface area contributed by atoms with E-state index in [9.17, 15) is 0 Å². The molecule has 0 atom stereocenters. The standard InChI is InChI=1S/C10H23O2Si/c1-6-9-10(4,5)13(11-7-2)12-8-3/h6-9H2,1-5H3. The van der Waals surface area contributed by atoms with Gasteiger partial charge in [0.25, 0.3) is 0 Å². The minimum absolute atomic E-state index is 0.228. The summed E-state index contributed by atoms with van der Waals surface area (Å²) in [6, 6.07) is 0. The van der Waals surface area contributed by atoms with Crippen molar-refractivity contribution < 1.29 is 8.85 Å². The lowest BCUT2D eigenvalue weighted by Gasteiger charge is -2.29. The Labute approximate surface area is 84.5 Å². The quantitative estimate of drug-likeness (QED) is 0.592. The van der Waals surface area contributed by atoms with Gasteiger partial charge in [0.1, 0.15) is 0 Å². The average molecular weight is 203 g/mol. The fraction of sp³-hybridized carbons (Fsp3) is 1.00. The highest BCUT2D eigenvalue weighted by Crippen LogP contribution is 2.34.